The van der Waals surface area contributed by atoms with Crippen LogP contribution in [0.4, 0.5) is 0 Å². The lowest BCUT2D eigenvalue weighted by molar-refractivity contribution is -0.182. The van der Waals surface area contributed by atoms with Gasteiger partial charge in [-0.3, -0.25) is 9.59 Å². The van der Waals surface area contributed by atoms with E-state index in [-0.39, 0.29) is 5.92 Å². The van der Waals surface area contributed by atoms with Gasteiger partial charge in [-0.1, -0.05) is 6.92 Å². The fourth-order valence-corrected chi connectivity index (χ4v) is 1.78. The second kappa shape index (κ2) is 3.36. The number of methoxy groups -OCH3 is 2. The first kappa shape index (κ1) is 10.0. The van der Waals surface area contributed by atoms with Crippen molar-refractivity contribution in [3.8, 4) is 0 Å². The summed E-state index contributed by atoms with van der Waals surface area (Å²) in [7, 11) is 2.58. The molecular weight excluding hydrogens is 172 g/mol. The normalized spacial score (nSPS) is 24.4. The van der Waals surface area contributed by atoms with Crippen molar-refractivity contribution >= 4 is 11.9 Å². The summed E-state index contributed by atoms with van der Waals surface area (Å²) in [5.41, 5.74) is -1.02. The van der Waals surface area contributed by atoms with Crippen LogP contribution in [0.3, 0.4) is 0 Å². The zero-order valence-corrected chi connectivity index (χ0v) is 8.12. The standard InChI is InChI=1S/C9H14O4/c1-6-4-5-9(6,7(10)12-2)8(11)13-3/h6H,4-5H2,1-3H3. The van der Waals surface area contributed by atoms with Crippen LogP contribution in [0.5, 0.6) is 0 Å². The Morgan fingerprint density at radius 1 is 1.23 bits per heavy atom. The molecule has 0 aromatic carbocycles. The van der Waals surface area contributed by atoms with E-state index in [1.54, 1.807) is 0 Å². The maximum atomic E-state index is 11.4. The molecule has 0 spiro atoms. The minimum atomic E-state index is -1.02. The van der Waals surface area contributed by atoms with Crippen molar-refractivity contribution in [2.45, 2.75) is 19.8 Å². The number of hydrogen-bond acceptors (Lipinski definition) is 4. The predicted molar refractivity (Wildman–Crippen MR) is 44.9 cm³/mol. The van der Waals surface area contributed by atoms with Gasteiger partial charge in [0.05, 0.1) is 14.2 Å². The molecule has 0 aliphatic heterocycles. The molecule has 0 amide bonds. The molecule has 0 heterocycles. The number of rotatable bonds is 2. The topological polar surface area (TPSA) is 52.6 Å². The Labute approximate surface area is 77.2 Å². The quantitative estimate of drug-likeness (QED) is 0.471. The Kier molecular flexibility index (Phi) is 2.59. The molecule has 1 atom stereocenters. The van der Waals surface area contributed by atoms with Gasteiger partial charge in [-0.2, -0.15) is 0 Å². The van der Waals surface area contributed by atoms with Crippen molar-refractivity contribution in [1.29, 1.82) is 0 Å². The van der Waals surface area contributed by atoms with Crippen LogP contribution in [0.2, 0.25) is 0 Å². The molecule has 4 heteroatoms. The van der Waals surface area contributed by atoms with Gasteiger partial charge in [0.25, 0.3) is 0 Å². The van der Waals surface area contributed by atoms with Crippen LogP contribution in [-0.2, 0) is 19.1 Å². The Morgan fingerprint density at radius 2 is 1.69 bits per heavy atom. The molecule has 1 rings (SSSR count). The second-order valence-electron chi connectivity index (χ2n) is 3.39. The lowest BCUT2D eigenvalue weighted by Gasteiger charge is -2.42. The SMILES string of the molecule is COC(=O)C1(C(=O)OC)CCC1C. The number of esters is 2. The first-order valence-corrected chi connectivity index (χ1v) is 4.26. The van der Waals surface area contributed by atoms with E-state index in [1.807, 2.05) is 6.92 Å². The van der Waals surface area contributed by atoms with E-state index >= 15 is 0 Å². The maximum absolute atomic E-state index is 11.4. The molecule has 0 bridgehead atoms. The predicted octanol–water partition coefficient (Wildman–Crippen LogP) is 0.749. The van der Waals surface area contributed by atoms with E-state index in [2.05, 4.69) is 9.47 Å². The molecule has 0 aromatic heterocycles. The van der Waals surface area contributed by atoms with Crippen LogP contribution in [0.25, 0.3) is 0 Å². The molecule has 0 saturated heterocycles. The highest BCUT2D eigenvalue weighted by Crippen LogP contribution is 2.48. The van der Waals surface area contributed by atoms with Gasteiger partial charge in [-0.25, -0.2) is 0 Å². The molecule has 1 saturated carbocycles. The van der Waals surface area contributed by atoms with Gasteiger partial charge in [-0.05, 0) is 18.8 Å². The highest BCUT2D eigenvalue weighted by atomic mass is 16.5. The van der Waals surface area contributed by atoms with Crippen LogP contribution in [0.15, 0.2) is 0 Å². The van der Waals surface area contributed by atoms with Crippen LogP contribution in [0, 0.1) is 11.3 Å². The summed E-state index contributed by atoms with van der Waals surface area (Å²) in [6, 6.07) is 0. The van der Waals surface area contributed by atoms with E-state index in [0.29, 0.717) is 6.42 Å². The van der Waals surface area contributed by atoms with E-state index in [9.17, 15) is 9.59 Å². The molecule has 1 unspecified atom stereocenters. The summed E-state index contributed by atoms with van der Waals surface area (Å²) in [5.74, 6) is -0.927. The summed E-state index contributed by atoms with van der Waals surface area (Å²) in [6.45, 7) is 1.86. The van der Waals surface area contributed by atoms with Crippen LogP contribution >= 0.6 is 0 Å². The number of carbonyl (C=O) groups is 2. The Hall–Kier alpha value is -1.06. The van der Waals surface area contributed by atoms with Crippen molar-refractivity contribution < 1.29 is 19.1 Å². The van der Waals surface area contributed by atoms with Crippen LogP contribution in [0.1, 0.15) is 19.8 Å². The number of ether oxygens (including phenoxy) is 2. The summed E-state index contributed by atoms with van der Waals surface area (Å²) >= 11 is 0. The lowest BCUT2D eigenvalue weighted by Crippen LogP contribution is -2.52. The number of hydrogen-bond donors (Lipinski definition) is 0. The molecule has 13 heavy (non-hydrogen) atoms. The van der Waals surface area contributed by atoms with Crippen molar-refractivity contribution in [3.05, 3.63) is 0 Å². The summed E-state index contributed by atoms with van der Waals surface area (Å²) in [4.78, 5) is 22.8. The average Bonchev–Trinajstić information content (AvgIpc) is 2.15. The molecule has 0 N–H and O–H groups in total. The zero-order chi connectivity index (χ0) is 10.1. The second-order valence-corrected chi connectivity index (χ2v) is 3.39. The van der Waals surface area contributed by atoms with Crippen molar-refractivity contribution in [2.24, 2.45) is 11.3 Å². The van der Waals surface area contributed by atoms with Gasteiger partial charge in [0, 0.05) is 0 Å². The summed E-state index contributed by atoms with van der Waals surface area (Å²) < 4.78 is 9.22. The first-order valence-electron chi connectivity index (χ1n) is 4.26. The van der Waals surface area contributed by atoms with E-state index in [1.165, 1.54) is 14.2 Å². The molecule has 1 fully saturated rings. The Morgan fingerprint density at radius 3 is 1.85 bits per heavy atom. The van der Waals surface area contributed by atoms with Crippen molar-refractivity contribution in [1.82, 2.24) is 0 Å². The van der Waals surface area contributed by atoms with Gasteiger partial charge in [0.1, 0.15) is 0 Å². The minimum Gasteiger partial charge on any atom is -0.468 e. The third kappa shape index (κ3) is 1.20. The fourth-order valence-electron chi connectivity index (χ4n) is 1.78. The van der Waals surface area contributed by atoms with E-state index in [0.717, 1.165) is 6.42 Å². The van der Waals surface area contributed by atoms with Gasteiger partial charge in [-0.15, -0.1) is 0 Å². The maximum Gasteiger partial charge on any atom is 0.323 e. The van der Waals surface area contributed by atoms with Crippen LogP contribution in [-0.4, -0.2) is 26.2 Å². The summed E-state index contributed by atoms with van der Waals surface area (Å²) in [6.07, 6.45) is 1.40. The molecule has 74 valence electrons. The van der Waals surface area contributed by atoms with Crippen molar-refractivity contribution in [2.75, 3.05) is 14.2 Å². The Bertz CT molecular complexity index is 218. The Balaban J connectivity index is 2.89. The highest BCUT2D eigenvalue weighted by molar-refractivity contribution is 6.01. The number of carbonyl (C=O) groups excluding carboxylic acids is 2. The highest BCUT2D eigenvalue weighted by Gasteiger charge is 2.58. The van der Waals surface area contributed by atoms with Crippen molar-refractivity contribution in [3.63, 3.8) is 0 Å². The molecule has 4 nitrogen and oxygen atoms in total. The van der Waals surface area contributed by atoms with Gasteiger partial charge in [0.15, 0.2) is 5.41 Å². The van der Waals surface area contributed by atoms with E-state index < -0.39 is 17.4 Å². The third-order valence-electron chi connectivity index (χ3n) is 2.91. The fraction of sp³-hybridized carbons (Fsp3) is 0.778. The molecule has 1 aliphatic rings. The smallest absolute Gasteiger partial charge is 0.323 e. The zero-order valence-electron chi connectivity index (χ0n) is 8.12. The minimum absolute atomic E-state index is 0.0207. The molecule has 1 aliphatic carbocycles. The van der Waals surface area contributed by atoms with Gasteiger partial charge < -0.3 is 9.47 Å². The monoisotopic (exact) mass is 186 g/mol. The lowest BCUT2D eigenvalue weighted by atomic mass is 9.61. The molecule has 0 aromatic rings. The molecular formula is C9H14O4. The van der Waals surface area contributed by atoms with Crippen LogP contribution < -0.4 is 0 Å². The van der Waals surface area contributed by atoms with E-state index in [4.69, 9.17) is 0 Å². The van der Waals surface area contributed by atoms with Gasteiger partial charge in [0.2, 0.25) is 0 Å². The van der Waals surface area contributed by atoms with Gasteiger partial charge >= 0.3 is 11.9 Å². The third-order valence-corrected chi connectivity index (χ3v) is 2.91. The first-order chi connectivity index (χ1) is 6.09. The average molecular weight is 186 g/mol. The summed E-state index contributed by atoms with van der Waals surface area (Å²) in [5, 5.41) is 0. The largest absolute Gasteiger partial charge is 0.468 e. The molecule has 0 radical (unpaired) electrons.